The lowest BCUT2D eigenvalue weighted by Crippen LogP contribution is -2.62. The van der Waals surface area contributed by atoms with Crippen LogP contribution in [0.3, 0.4) is 0 Å². The standard InChI is InChI=1S/C50H53N3O13/c1-6-45(57)65-30-50(2,3)46(58)47(59)53-25-24-52(49(61)64-29-38-36-16-9-7-14-34(36)35-15-8-10-17-37(35)38)28-39(53)48(60)66-40(20-18-31-19-21-41(62-4)42(26-31)63-5)32-12-11-13-33(27-32)51-43(54)22-23-44(55)56/h6-17,19,21,26-27,38-40H,1,18,20,22-25,28-30H2,2-5H3,(H,51,54)(H,55,56)/t39?,40-/m1/s1. The van der Waals surface area contributed by atoms with E-state index >= 15 is 0 Å². The molecule has 66 heavy (non-hydrogen) atoms. The Morgan fingerprint density at radius 2 is 1.52 bits per heavy atom. The number of hydrogen-bond acceptors (Lipinski definition) is 12. The van der Waals surface area contributed by atoms with E-state index in [1.165, 1.54) is 33.0 Å². The molecule has 346 valence electrons. The third kappa shape index (κ3) is 11.4. The molecule has 2 aliphatic rings. The minimum atomic E-state index is -1.51. The van der Waals surface area contributed by atoms with Crippen LogP contribution in [0.2, 0.25) is 0 Å². The highest BCUT2D eigenvalue weighted by Crippen LogP contribution is 2.44. The number of ether oxygens (including phenoxy) is 5. The summed E-state index contributed by atoms with van der Waals surface area (Å²) < 4.78 is 28.2. The van der Waals surface area contributed by atoms with E-state index < -0.39 is 65.8 Å². The second kappa shape index (κ2) is 21.5. The van der Waals surface area contributed by atoms with Gasteiger partial charge >= 0.3 is 24.0 Å². The number of aliphatic carboxylic acids is 1. The number of anilines is 1. The van der Waals surface area contributed by atoms with Gasteiger partial charge in [0.2, 0.25) is 11.7 Å². The number of piperazine rings is 1. The van der Waals surface area contributed by atoms with E-state index in [4.69, 9.17) is 28.8 Å². The highest BCUT2D eigenvalue weighted by atomic mass is 16.6. The number of carboxylic acid groups (broad SMARTS) is 1. The molecular formula is C50H53N3O13. The van der Waals surface area contributed by atoms with Crippen LogP contribution in [0.4, 0.5) is 10.5 Å². The van der Waals surface area contributed by atoms with Gasteiger partial charge in [0.25, 0.3) is 5.91 Å². The molecule has 1 aliphatic carbocycles. The molecule has 2 N–H and O–H groups in total. The zero-order valence-corrected chi connectivity index (χ0v) is 37.3. The molecule has 1 saturated heterocycles. The lowest BCUT2D eigenvalue weighted by Gasteiger charge is -2.40. The number of rotatable bonds is 19. The van der Waals surface area contributed by atoms with Crippen LogP contribution in [0.15, 0.2) is 104 Å². The summed E-state index contributed by atoms with van der Waals surface area (Å²) in [5.74, 6) is -4.63. The van der Waals surface area contributed by atoms with Gasteiger partial charge in [0.15, 0.2) is 11.5 Å². The first kappa shape index (κ1) is 48.0. The molecule has 4 aromatic carbocycles. The number of aryl methyl sites for hydroxylation is 1. The Hall–Kier alpha value is -7.49. The summed E-state index contributed by atoms with van der Waals surface area (Å²) >= 11 is 0. The minimum absolute atomic E-state index is 0.00136. The number of amides is 3. The fourth-order valence-electron chi connectivity index (χ4n) is 7.98. The van der Waals surface area contributed by atoms with Gasteiger partial charge in [-0.2, -0.15) is 0 Å². The number of carbonyl (C=O) groups is 7. The van der Waals surface area contributed by atoms with E-state index in [2.05, 4.69) is 11.9 Å². The Balaban J connectivity index is 1.28. The number of ketones is 1. The lowest BCUT2D eigenvalue weighted by molar-refractivity contribution is -0.166. The van der Waals surface area contributed by atoms with Crippen molar-refractivity contribution >= 4 is 47.3 Å². The van der Waals surface area contributed by atoms with E-state index in [0.29, 0.717) is 29.2 Å². The van der Waals surface area contributed by atoms with Crippen molar-refractivity contribution in [3.63, 3.8) is 0 Å². The predicted octanol–water partition coefficient (Wildman–Crippen LogP) is 6.51. The van der Waals surface area contributed by atoms with Crippen LogP contribution >= 0.6 is 0 Å². The van der Waals surface area contributed by atoms with Crippen LogP contribution in [0.5, 0.6) is 11.5 Å². The smallest absolute Gasteiger partial charge is 0.409 e. The molecular weight excluding hydrogens is 851 g/mol. The summed E-state index contributed by atoms with van der Waals surface area (Å²) in [6.45, 7) is 5.06. The van der Waals surface area contributed by atoms with Crippen molar-refractivity contribution in [3.05, 3.63) is 126 Å². The molecule has 0 saturated carbocycles. The number of fused-ring (bicyclic) bond motifs is 3. The lowest BCUT2D eigenvalue weighted by atomic mass is 9.87. The van der Waals surface area contributed by atoms with Crippen molar-refractivity contribution in [1.29, 1.82) is 0 Å². The first-order chi connectivity index (χ1) is 31.6. The minimum Gasteiger partial charge on any atom is -0.493 e. The van der Waals surface area contributed by atoms with E-state index in [1.807, 2.05) is 54.6 Å². The van der Waals surface area contributed by atoms with E-state index in [9.17, 15) is 33.6 Å². The SMILES string of the molecule is C=CC(=O)OCC(C)(C)C(=O)C(=O)N1CCN(C(=O)OCC2c3ccccc3-c3ccccc32)CC1C(=O)O[C@H](CCc1ccc(OC)c(OC)c1)c1cccc(NC(=O)CCC(=O)O)c1. The fraction of sp³-hybridized carbons (Fsp3) is 0.340. The summed E-state index contributed by atoms with van der Waals surface area (Å²) in [6, 6.07) is 26.1. The number of benzene rings is 4. The normalized spacial score (nSPS) is 14.8. The van der Waals surface area contributed by atoms with Gasteiger partial charge in [-0.05, 0) is 84.3 Å². The zero-order chi connectivity index (χ0) is 47.5. The number of methoxy groups -OCH3 is 2. The summed E-state index contributed by atoms with van der Waals surface area (Å²) in [5.41, 5.74) is 4.15. The number of nitrogens with one attached hydrogen (secondary N) is 1. The van der Waals surface area contributed by atoms with Gasteiger partial charge in [-0.1, -0.05) is 73.3 Å². The molecule has 2 atom stereocenters. The maximum absolute atomic E-state index is 14.7. The van der Waals surface area contributed by atoms with E-state index in [0.717, 1.165) is 38.8 Å². The van der Waals surface area contributed by atoms with E-state index in [-0.39, 0.29) is 51.4 Å². The summed E-state index contributed by atoms with van der Waals surface area (Å²) in [6.07, 6.45) is -0.954. The zero-order valence-electron chi connectivity index (χ0n) is 37.3. The Labute approximate surface area is 382 Å². The number of esters is 2. The number of carbonyl (C=O) groups excluding carboxylic acids is 6. The van der Waals surface area contributed by atoms with Crippen molar-refractivity contribution in [2.24, 2.45) is 5.41 Å². The Bertz CT molecular complexity index is 2460. The highest BCUT2D eigenvalue weighted by molar-refractivity contribution is 6.38. The Morgan fingerprint density at radius 1 is 0.833 bits per heavy atom. The summed E-state index contributed by atoms with van der Waals surface area (Å²) in [5, 5.41) is 11.8. The van der Waals surface area contributed by atoms with Gasteiger partial charge in [0.05, 0.1) is 32.6 Å². The quantitative estimate of drug-likeness (QED) is 0.0446. The number of hydrogen-bond donors (Lipinski definition) is 2. The molecule has 6 rings (SSSR count). The highest BCUT2D eigenvalue weighted by Gasteiger charge is 2.45. The molecule has 4 aromatic rings. The van der Waals surface area contributed by atoms with Crippen LogP contribution in [0, 0.1) is 5.41 Å². The maximum Gasteiger partial charge on any atom is 0.409 e. The van der Waals surface area contributed by atoms with Crippen molar-refractivity contribution < 1.29 is 62.4 Å². The second-order valence-corrected chi connectivity index (χ2v) is 16.5. The summed E-state index contributed by atoms with van der Waals surface area (Å²) in [7, 11) is 3.02. The average Bonchev–Trinajstić information content (AvgIpc) is 3.65. The van der Waals surface area contributed by atoms with Crippen molar-refractivity contribution in [2.45, 2.75) is 57.6 Å². The third-order valence-corrected chi connectivity index (χ3v) is 11.6. The van der Waals surface area contributed by atoms with E-state index in [1.54, 1.807) is 36.4 Å². The summed E-state index contributed by atoms with van der Waals surface area (Å²) in [4.78, 5) is 94.7. The molecule has 1 unspecified atom stereocenters. The van der Waals surface area contributed by atoms with Gasteiger partial charge in [-0.25, -0.2) is 14.4 Å². The van der Waals surface area contributed by atoms with Crippen LogP contribution in [0.25, 0.3) is 11.1 Å². The molecule has 16 nitrogen and oxygen atoms in total. The molecule has 0 aromatic heterocycles. The molecule has 1 aliphatic heterocycles. The monoisotopic (exact) mass is 903 g/mol. The number of Topliss-reactive ketones (excluding diaryl/α,β-unsaturated/α-hetero) is 1. The second-order valence-electron chi connectivity index (χ2n) is 16.5. The van der Waals surface area contributed by atoms with Crippen LogP contribution in [-0.2, 0) is 49.4 Å². The van der Waals surface area contributed by atoms with Crippen molar-refractivity contribution in [2.75, 3.05) is 52.4 Å². The van der Waals surface area contributed by atoms with Gasteiger partial charge < -0.3 is 43.9 Å². The van der Waals surface area contributed by atoms with Gasteiger partial charge in [-0.15, -0.1) is 0 Å². The molecule has 1 heterocycles. The molecule has 0 bridgehead atoms. The Kier molecular flexibility index (Phi) is 15.6. The molecule has 16 heteroatoms. The first-order valence-corrected chi connectivity index (χ1v) is 21.4. The van der Waals surface area contributed by atoms with Gasteiger partial charge in [0.1, 0.15) is 25.4 Å². The average molecular weight is 904 g/mol. The van der Waals surface area contributed by atoms with Crippen molar-refractivity contribution in [1.82, 2.24) is 9.80 Å². The van der Waals surface area contributed by atoms with Gasteiger partial charge in [-0.3, -0.25) is 19.2 Å². The van der Waals surface area contributed by atoms with Crippen LogP contribution in [0.1, 0.15) is 67.4 Å². The topological polar surface area (TPSA) is 204 Å². The largest absolute Gasteiger partial charge is 0.493 e. The molecule has 0 spiro atoms. The fourth-order valence-corrected chi connectivity index (χ4v) is 7.98. The van der Waals surface area contributed by atoms with Crippen LogP contribution < -0.4 is 14.8 Å². The molecule has 1 fully saturated rings. The maximum atomic E-state index is 14.7. The first-order valence-electron chi connectivity index (χ1n) is 21.4. The predicted molar refractivity (Wildman–Crippen MR) is 241 cm³/mol. The molecule has 3 amide bonds. The number of carboxylic acids is 1. The Morgan fingerprint density at radius 3 is 2.17 bits per heavy atom. The third-order valence-electron chi connectivity index (χ3n) is 11.6. The molecule has 0 radical (unpaired) electrons. The van der Waals surface area contributed by atoms with Crippen molar-refractivity contribution in [3.8, 4) is 22.6 Å². The number of nitrogens with zero attached hydrogens (tertiary/aromatic N) is 2. The van der Waals surface area contributed by atoms with Gasteiger partial charge in [0, 0.05) is 37.2 Å². The van der Waals surface area contributed by atoms with Crippen LogP contribution in [-0.4, -0.2) is 110 Å².